The largest absolute Gasteiger partial charge is 0.461 e. The van der Waals surface area contributed by atoms with Gasteiger partial charge in [0.1, 0.15) is 5.82 Å². The first kappa shape index (κ1) is 28.7. The average molecular weight is 518 g/mol. The summed E-state index contributed by atoms with van der Waals surface area (Å²) in [5.74, 6) is -0.115. The van der Waals surface area contributed by atoms with Crippen LogP contribution in [0, 0.1) is 11.3 Å². The Balaban J connectivity index is 2.19. The number of hydrogen-bond donors (Lipinski definition) is 2. The molecule has 2 aromatic carbocycles. The summed E-state index contributed by atoms with van der Waals surface area (Å²) in [7, 11) is 7.67. The number of esters is 1. The number of nitrogens with one attached hydrogen (secondary N) is 2. The molecule has 1 aromatic heterocycles. The third-order valence-corrected chi connectivity index (χ3v) is 6.23. The third-order valence-electron chi connectivity index (χ3n) is 6.23. The maximum Gasteiger partial charge on any atom is 0.357 e. The molecule has 0 amide bonds. The van der Waals surface area contributed by atoms with Crippen LogP contribution in [0.2, 0.25) is 0 Å². The standard InChI is InChI=1S/C30H39N5O3/c1-8-38-30(36)26-19-25(21-12-14-23(15-13-21)35(6)16-17-37-7)27(28(31)20(2)3)29(33-26)32-22-10-9-11-24(18-22)34(4)5/h9-15,18-20,31H,8,16-17H2,1-7H3,(H,32,33). The fraction of sp³-hybridized carbons (Fsp3) is 0.367. The van der Waals surface area contributed by atoms with Gasteiger partial charge >= 0.3 is 5.97 Å². The number of nitrogens with zero attached hydrogens (tertiary/aromatic N) is 3. The number of anilines is 4. The number of ether oxygens (including phenoxy) is 2. The maximum atomic E-state index is 12.8. The predicted octanol–water partition coefficient (Wildman–Crippen LogP) is 5.84. The quantitative estimate of drug-likeness (QED) is 0.230. The van der Waals surface area contributed by atoms with Crippen LogP contribution in [-0.2, 0) is 9.47 Å². The van der Waals surface area contributed by atoms with Crippen LogP contribution in [-0.4, -0.2) is 64.7 Å². The number of pyridine rings is 1. The molecule has 0 aliphatic carbocycles. The Hall–Kier alpha value is -3.91. The fourth-order valence-electron chi connectivity index (χ4n) is 3.99. The molecule has 3 rings (SSSR count). The lowest BCUT2D eigenvalue weighted by Crippen LogP contribution is -2.21. The second-order valence-electron chi connectivity index (χ2n) is 9.60. The molecule has 0 spiro atoms. The summed E-state index contributed by atoms with van der Waals surface area (Å²) < 4.78 is 10.5. The Morgan fingerprint density at radius 1 is 1.05 bits per heavy atom. The molecule has 0 radical (unpaired) electrons. The summed E-state index contributed by atoms with van der Waals surface area (Å²) in [6, 6.07) is 17.7. The topological polar surface area (TPSA) is 90.8 Å². The highest BCUT2D eigenvalue weighted by Gasteiger charge is 2.23. The van der Waals surface area contributed by atoms with Crippen molar-refractivity contribution in [1.29, 1.82) is 5.41 Å². The minimum Gasteiger partial charge on any atom is -0.461 e. The number of methoxy groups -OCH3 is 1. The molecule has 0 aliphatic heterocycles. The van der Waals surface area contributed by atoms with Gasteiger partial charge in [0, 0.05) is 63.1 Å². The Kier molecular flexibility index (Phi) is 9.85. The Bertz CT molecular complexity index is 1260. The van der Waals surface area contributed by atoms with Crippen LogP contribution in [0.15, 0.2) is 54.6 Å². The van der Waals surface area contributed by atoms with Gasteiger partial charge in [-0.2, -0.15) is 0 Å². The highest BCUT2D eigenvalue weighted by atomic mass is 16.5. The zero-order chi connectivity index (χ0) is 27.8. The van der Waals surface area contributed by atoms with E-state index >= 15 is 0 Å². The van der Waals surface area contributed by atoms with E-state index in [1.165, 1.54) is 0 Å². The first-order valence-electron chi connectivity index (χ1n) is 12.8. The van der Waals surface area contributed by atoms with Gasteiger partial charge in [0.05, 0.1) is 13.2 Å². The number of aromatic nitrogens is 1. The van der Waals surface area contributed by atoms with Crippen molar-refractivity contribution in [3.63, 3.8) is 0 Å². The molecule has 0 aliphatic rings. The predicted molar refractivity (Wildman–Crippen MR) is 156 cm³/mol. The lowest BCUT2D eigenvalue weighted by atomic mass is 9.91. The molecule has 3 aromatic rings. The van der Waals surface area contributed by atoms with Crippen LogP contribution in [0.25, 0.3) is 11.1 Å². The molecule has 0 atom stereocenters. The molecule has 0 fully saturated rings. The Morgan fingerprint density at radius 2 is 1.76 bits per heavy atom. The molecule has 8 heteroatoms. The van der Waals surface area contributed by atoms with Gasteiger partial charge in [-0.25, -0.2) is 9.78 Å². The lowest BCUT2D eigenvalue weighted by molar-refractivity contribution is 0.0519. The van der Waals surface area contributed by atoms with Crippen molar-refractivity contribution in [1.82, 2.24) is 4.98 Å². The molecular weight excluding hydrogens is 478 g/mol. The third kappa shape index (κ3) is 6.89. The van der Waals surface area contributed by atoms with Crippen LogP contribution < -0.4 is 15.1 Å². The van der Waals surface area contributed by atoms with Crippen LogP contribution in [0.1, 0.15) is 36.8 Å². The van der Waals surface area contributed by atoms with Crippen molar-refractivity contribution < 1.29 is 14.3 Å². The van der Waals surface area contributed by atoms with Gasteiger partial charge in [0.2, 0.25) is 0 Å². The van der Waals surface area contributed by atoms with Crippen molar-refractivity contribution in [2.75, 3.05) is 63.1 Å². The number of carbonyl (C=O) groups is 1. The van der Waals surface area contributed by atoms with Crippen molar-refractivity contribution in [3.8, 4) is 11.1 Å². The van der Waals surface area contributed by atoms with Crippen molar-refractivity contribution >= 4 is 34.6 Å². The van der Waals surface area contributed by atoms with Gasteiger partial charge in [0.15, 0.2) is 5.69 Å². The van der Waals surface area contributed by atoms with E-state index in [4.69, 9.17) is 14.9 Å². The molecule has 1 heterocycles. The second kappa shape index (κ2) is 13.1. The van der Waals surface area contributed by atoms with Crippen molar-refractivity contribution in [2.45, 2.75) is 20.8 Å². The van der Waals surface area contributed by atoms with E-state index < -0.39 is 5.97 Å². The lowest BCUT2D eigenvalue weighted by Gasteiger charge is -2.22. The molecule has 0 unspecified atom stereocenters. The zero-order valence-corrected chi connectivity index (χ0v) is 23.5. The van der Waals surface area contributed by atoms with E-state index in [0.29, 0.717) is 23.7 Å². The molecule has 38 heavy (non-hydrogen) atoms. The Labute approximate surface area is 226 Å². The monoisotopic (exact) mass is 517 g/mol. The normalized spacial score (nSPS) is 10.8. The van der Waals surface area contributed by atoms with E-state index in [1.807, 2.05) is 88.4 Å². The van der Waals surface area contributed by atoms with E-state index in [9.17, 15) is 4.79 Å². The fourth-order valence-corrected chi connectivity index (χ4v) is 3.99. The highest BCUT2D eigenvalue weighted by Crippen LogP contribution is 2.34. The van der Waals surface area contributed by atoms with Crippen LogP contribution >= 0.6 is 0 Å². The molecule has 8 nitrogen and oxygen atoms in total. The summed E-state index contributed by atoms with van der Waals surface area (Å²) in [4.78, 5) is 21.6. The molecular formula is C30H39N5O3. The summed E-state index contributed by atoms with van der Waals surface area (Å²) in [5, 5.41) is 12.4. The first-order valence-corrected chi connectivity index (χ1v) is 12.8. The molecule has 0 saturated carbocycles. The Morgan fingerprint density at radius 3 is 2.37 bits per heavy atom. The minimum atomic E-state index is -0.502. The zero-order valence-electron chi connectivity index (χ0n) is 23.5. The van der Waals surface area contributed by atoms with E-state index in [1.54, 1.807) is 20.1 Å². The summed E-state index contributed by atoms with van der Waals surface area (Å²) in [6.45, 7) is 7.37. The second-order valence-corrected chi connectivity index (χ2v) is 9.60. The first-order chi connectivity index (χ1) is 18.2. The van der Waals surface area contributed by atoms with Crippen molar-refractivity contribution in [2.24, 2.45) is 5.92 Å². The van der Waals surface area contributed by atoms with Gasteiger partial charge in [-0.3, -0.25) is 0 Å². The minimum absolute atomic E-state index is 0.0582. The molecule has 202 valence electrons. The van der Waals surface area contributed by atoms with Gasteiger partial charge in [-0.1, -0.05) is 32.0 Å². The number of rotatable bonds is 12. The summed E-state index contributed by atoms with van der Waals surface area (Å²) in [6.07, 6.45) is 0. The van der Waals surface area contributed by atoms with Crippen molar-refractivity contribution in [3.05, 3.63) is 65.9 Å². The smallest absolute Gasteiger partial charge is 0.357 e. The number of carbonyl (C=O) groups excluding carboxylic acids is 1. The summed E-state index contributed by atoms with van der Waals surface area (Å²) in [5.41, 5.74) is 5.78. The van der Waals surface area contributed by atoms with E-state index in [-0.39, 0.29) is 18.2 Å². The van der Waals surface area contributed by atoms with Gasteiger partial charge < -0.3 is 30.0 Å². The highest BCUT2D eigenvalue weighted by molar-refractivity contribution is 6.10. The molecule has 0 bridgehead atoms. The number of likely N-dealkylation sites (N-methyl/N-ethyl adjacent to an activating group) is 1. The van der Waals surface area contributed by atoms with Crippen LogP contribution in [0.4, 0.5) is 22.9 Å². The van der Waals surface area contributed by atoms with Crippen LogP contribution in [0.3, 0.4) is 0 Å². The van der Waals surface area contributed by atoms with E-state index in [0.717, 1.165) is 34.7 Å². The molecule has 0 saturated heterocycles. The number of hydrogen-bond acceptors (Lipinski definition) is 8. The van der Waals surface area contributed by atoms with Gasteiger partial charge in [-0.05, 0) is 60.4 Å². The van der Waals surface area contributed by atoms with Gasteiger partial charge in [0.25, 0.3) is 0 Å². The average Bonchev–Trinajstić information content (AvgIpc) is 2.91. The number of benzene rings is 2. The van der Waals surface area contributed by atoms with E-state index in [2.05, 4.69) is 15.2 Å². The SMILES string of the molecule is CCOC(=O)c1cc(-c2ccc(N(C)CCOC)cc2)c(C(=N)C(C)C)c(Nc2cccc(N(C)C)c2)n1. The van der Waals surface area contributed by atoms with Crippen LogP contribution in [0.5, 0.6) is 0 Å². The van der Waals surface area contributed by atoms with Gasteiger partial charge in [-0.15, -0.1) is 0 Å². The maximum absolute atomic E-state index is 12.8. The molecule has 2 N–H and O–H groups in total. The summed E-state index contributed by atoms with van der Waals surface area (Å²) >= 11 is 0.